The van der Waals surface area contributed by atoms with Gasteiger partial charge in [-0.05, 0) is 43.7 Å². The van der Waals surface area contributed by atoms with Crippen molar-refractivity contribution in [1.29, 1.82) is 0 Å². The molecule has 1 aromatic heterocycles. The van der Waals surface area contributed by atoms with Gasteiger partial charge in [-0.1, -0.05) is 23.4 Å². The SMILES string of the molecule is CCN(Cc1nc(-c2ccc(OC)c(OC)c2)no1)C(=O)CCCOc1ccccc1. The van der Waals surface area contributed by atoms with E-state index in [0.29, 0.717) is 49.2 Å². The summed E-state index contributed by atoms with van der Waals surface area (Å²) in [6.07, 6.45) is 1.02. The highest BCUT2D eigenvalue weighted by Crippen LogP contribution is 2.31. The molecule has 3 rings (SSSR count). The Morgan fingerprint density at radius 3 is 2.55 bits per heavy atom. The summed E-state index contributed by atoms with van der Waals surface area (Å²) in [6, 6.07) is 14.9. The summed E-state index contributed by atoms with van der Waals surface area (Å²) in [4.78, 5) is 18.7. The molecule has 3 aromatic rings. The van der Waals surface area contributed by atoms with Crippen molar-refractivity contribution in [3.63, 3.8) is 0 Å². The zero-order valence-electron chi connectivity index (χ0n) is 18.0. The van der Waals surface area contributed by atoms with E-state index in [9.17, 15) is 4.79 Å². The van der Waals surface area contributed by atoms with Crippen molar-refractivity contribution in [2.75, 3.05) is 27.4 Å². The fraction of sp³-hybridized carbons (Fsp3) is 0.348. The first-order valence-corrected chi connectivity index (χ1v) is 10.1. The highest BCUT2D eigenvalue weighted by Gasteiger charge is 2.17. The first kappa shape index (κ1) is 22.1. The predicted molar refractivity (Wildman–Crippen MR) is 115 cm³/mol. The minimum absolute atomic E-state index is 0.0185. The van der Waals surface area contributed by atoms with Crippen LogP contribution in [0.15, 0.2) is 53.1 Å². The molecular weight excluding hydrogens is 398 g/mol. The molecule has 164 valence electrons. The van der Waals surface area contributed by atoms with E-state index in [1.54, 1.807) is 31.3 Å². The zero-order chi connectivity index (χ0) is 22.1. The maximum absolute atomic E-state index is 12.6. The van der Waals surface area contributed by atoms with Crippen LogP contribution in [0.4, 0.5) is 0 Å². The quantitative estimate of drug-likeness (QED) is 0.430. The number of hydrogen-bond acceptors (Lipinski definition) is 7. The summed E-state index contributed by atoms with van der Waals surface area (Å²) < 4.78 is 21.6. The fourth-order valence-corrected chi connectivity index (χ4v) is 3.04. The molecule has 0 bridgehead atoms. The number of aromatic nitrogens is 2. The van der Waals surface area contributed by atoms with Gasteiger partial charge in [-0.15, -0.1) is 0 Å². The van der Waals surface area contributed by atoms with E-state index < -0.39 is 0 Å². The van der Waals surface area contributed by atoms with Gasteiger partial charge in [-0.25, -0.2) is 0 Å². The molecule has 31 heavy (non-hydrogen) atoms. The van der Waals surface area contributed by atoms with E-state index in [1.807, 2.05) is 43.3 Å². The van der Waals surface area contributed by atoms with Crippen LogP contribution < -0.4 is 14.2 Å². The number of carbonyl (C=O) groups excluding carboxylic acids is 1. The number of methoxy groups -OCH3 is 2. The molecule has 0 atom stereocenters. The smallest absolute Gasteiger partial charge is 0.246 e. The van der Waals surface area contributed by atoms with Crippen molar-refractivity contribution in [1.82, 2.24) is 15.0 Å². The molecular formula is C23H27N3O5. The van der Waals surface area contributed by atoms with Gasteiger partial charge in [0.15, 0.2) is 11.5 Å². The molecule has 1 heterocycles. The molecule has 0 radical (unpaired) electrons. The van der Waals surface area contributed by atoms with Crippen molar-refractivity contribution >= 4 is 5.91 Å². The number of amides is 1. The Kier molecular flexibility index (Phi) is 7.86. The minimum atomic E-state index is 0.0185. The van der Waals surface area contributed by atoms with Gasteiger partial charge in [0.2, 0.25) is 17.6 Å². The van der Waals surface area contributed by atoms with Crippen molar-refractivity contribution in [2.24, 2.45) is 0 Å². The Bertz CT molecular complexity index is 974. The van der Waals surface area contributed by atoms with Crippen LogP contribution in [0.2, 0.25) is 0 Å². The van der Waals surface area contributed by atoms with Crippen LogP contribution in [-0.4, -0.2) is 48.3 Å². The topological polar surface area (TPSA) is 86.9 Å². The average Bonchev–Trinajstić information content (AvgIpc) is 3.29. The van der Waals surface area contributed by atoms with Crippen LogP contribution in [0, 0.1) is 0 Å². The third-order valence-electron chi connectivity index (χ3n) is 4.72. The first-order chi connectivity index (χ1) is 15.1. The molecule has 0 saturated carbocycles. The lowest BCUT2D eigenvalue weighted by Gasteiger charge is -2.18. The number of benzene rings is 2. The highest BCUT2D eigenvalue weighted by molar-refractivity contribution is 5.76. The van der Waals surface area contributed by atoms with E-state index >= 15 is 0 Å². The lowest BCUT2D eigenvalue weighted by Crippen LogP contribution is -2.30. The number of hydrogen-bond donors (Lipinski definition) is 0. The highest BCUT2D eigenvalue weighted by atomic mass is 16.5. The Morgan fingerprint density at radius 2 is 1.84 bits per heavy atom. The summed E-state index contributed by atoms with van der Waals surface area (Å²) in [7, 11) is 3.15. The second-order valence-corrected chi connectivity index (χ2v) is 6.75. The molecule has 0 aliphatic rings. The van der Waals surface area contributed by atoms with E-state index in [1.165, 1.54) is 0 Å². The van der Waals surface area contributed by atoms with E-state index in [2.05, 4.69) is 10.1 Å². The second-order valence-electron chi connectivity index (χ2n) is 6.75. The van der Waals surface area contributed by atoms with Crippen molar-refractivity contribution in [3.05, 3.63) is 54.4 Å². The maximum Gasteiger partial charge on any atom is 0.246 e. The van der Waals surface area contributed by atoms with Gasteiger partial charge in [0.25, 0.3) is 0 Å². The number of para-hydroxylation sites is 1. The Labute approximate surface area is 181 Å². The van der Waals surface area contributed by atoms with E-state index in [4.69, 9.17) is 18.7 Å². The van der Waals surface area contributed by atoms with Crippen LogP contribution in [0.5, 0.6) is 17.2 Å². The van der Waals surface area contributed by atoms with Gasteiger partial charge >= 0.3 is 0 Å². The third kappa shape index (κ3) is 5.97. The summed E-state index contributed by atoms with van der Waals surface area (Å²) in [5.74, 6) is 2.82. The minimum Gasteiger partial charge on any atom is -0.494 e. The second kappa shape index (κ2) is 11.0. The number of nitrogens with zero attached hydrogens (tertiary/aromatic N) is 3. The molecule has 8 heteroatoms. The Hall–Kier alpha value is -3.55. The molecule has 0 aliphatic heterocycles. The van der Waals surface area contributed by atoms with E-state index in [-0.39, 0.29) is 12.5 Å². The Morgan fingerprint density at radius 1 is 1.06 bits per heavy atom. The molecule has 8 nitrogen and oxygen atoms in total. The standard InChI is InChI=1S/C23H27N3O5/c1-4-26(22(27)11-8-14-30-18-9-6-5-7-10-18)16-21-24-23(25-31-21)17-12-13-19(28-2)20(15-17)29-3/h5-7,9-10,12-13,15H,4,8,11,14,16H2,1-3H3. The molecule has 0 spiro atoms. The van der Waals surface area contributed by atoms with Crippen LogP contribution >= 0.6 is 0 Å². The lowest BCUT2D eigenvalue weighted by molar-refractivity contribution is -0.132. The monoisotopic (exact) mass is 425 g/mol. The molecule has 0 N–H and O–H groups in total. The number of rotatable bonds is 11. The molecule has 0 fully saturated rings. The first-order valence-electron chi connectivity index (χ1n) is 10.1. The van der Waals surface area contributed by atoms with Crippen molar-refractivity contribution in [3.8, 4) is 28.6 Å². The van der Waals surface area contributed by atoms with Crippen LogP contribution in [-0.2, 0) is 11.3 Å². The van der Waals surface area contributed by atoms with Gasteiger partial charge in [-0.3, -0.25) is 4.79 Å². The summed E-state index contributed by atoms with van der Waals surface area (Å²) >= 11 is 0. The maximum atomic E-state index is 12.6. The zero-order valence-corrected chi connectivity index (χ0v) is 18.0. The molecule has 2 aromatic carbocycles. The summed E-state index contributed by atoms with van der Waals surface area (Å²) in [5, 5.41) is 4.03. The Balaban J connectivity index is 1.54. The molecule has 0 unspecified atom stereocenters. The normalized spacial score (nSPS) is 10.5. The average molecular weight is 425 g/mol. The lowest BCUT2D eigenvalue weighted by atomic mass is 10.2. The molecule has 0 saturated heterocycles. The molecule has 1 amide bonds. The van der Waals surface area contributed by atoms with Gasteiger partial charge in [0, 0.05) is 18.5 Å². The van der Waals surface area contributed by atoms with Gasteiger partial charge in [0.1, 0.15) is 5.75 Å². The van der Waals surface area contributed by atoms with E-state index in [0.717, 1.165) is 11.3 Å². The van der Waals surface area contributed by atoms with Gasteiger partial charge in [-0.2, -0.15) is 4.98 Å². The fourth-order valence-electron chi connectivity index (χ4n) is 3.04. The number of ether oxygens (including phenoxy) is 3. The van der Waals surface area contributed by atoms with Crippen molar-refractivity contribution in [2.45, 2.75) is 26.3 Å². The van der Waals surface area contributed by atoms with Crippen LogP contribution in [0.1, 0.15) is 25.7 Å². The third-order valence-corrected chi connectivity index (χ3v) is 4.72. The van der Waals surface area contributed by atoms with Gasteiger partial charge < -0.3 is 23.6 Å². The molecule has 0 aliphatic carbocycles. The van der Waals surface area contributed by atoms with Crippen LogP contribution in [0.25, 0.3) is 11.4 Å². The number of carbonyl (C=O) groups is 1. The largest absolute Gasteiger partial charge is 0.494 e. The predicted octanol–water partition coefficient (Wildman–Crippen LogP) is 3.96. The van der Waals surface area contributed by atoms with Crippen molar-refractivity contribution < 1.29 is 23.5 Å². The van der Waals surface area contributed by atoms with Gasteiger partial charge in [0.05, 0.1) is 27.4 Å². The summed E-state index contributed by atoms with van der Waals surface area (Å²) in [5.41, 5.74) is 0.736. The summed E-state index contributed by atoms with van der Waals surface area (Å²) in [6.45, 7) is 3.21. The van der Waals surface area contributed by atoms with Crippen LogP contribution in [0.3, 0.4) is 0 Å².